The van der Waals surface area contributed by atoms with Crippen LogP contribution in [0.5, 0.6) is 0 Å². The molecule has 138 valence electrons. The zero-order valence-corrected chi connectivity index (χ0v) is 17.0. The molecule has 0 saturated heterocycles. The molecular formula is C21H20BrN3O2. The standard InChI is InChI=1S/C21H20BrN3O2/c1-13-9-14(2)21(15(3)10-13)23-19(26)12-25-20(27)8-7-18(24-25)16-5-4-6-17(22)11-16/h4-11H,12H2,1-3H3,(H,23,26). The van der Waals surface area contributed by atoms with E-state index in [2.05, 4.69) is 26.3 Å². The van der Waals surface area contributed by atoms with Crippen LogP contribution < -0.4 is 10.9 Å². The molecule has 27 heavy (non-hydrogen) atoms. The molecule has 1 N–H and O–H groups in total. The first-order valence-electron chi connectivity index (χ1n) is 8.55. The van der Waals surface area contributed by atoms with Crippen LogP contribution in [0.15, 0.2) is 57.8 Å². The van der Waals surface area contributed by atoms with Gasteiger partial charge in [-0.3, -0.25) is 9.59 Å². The van der Waals surface area contributed by atoms with Crippen LogP contribution in [-0.2, 0) is 11.3 Å². The van der Waals surface area contributed by atoms with Crippen LogP contribution in [0.2, 0.25) is 0 Å². The summed E-state index contributed by atoms with van der Waals surface area (Å²) >= 11 is 3.43. The molecule has 0 radical (unpaired) electrons. The van der Waals surface area contributed by atoms with Gasteiger partial charge in [-0.25, -0.2) is 4.68 Å². The molecule has 3 rings (SSSR count). The Bertz CT molecular complexity index is 1050. The highest BCUT2D eigenvalue weighted by Gasteiger charge is 2.11. The van der Waals surface area contributed by atoms with Gasteiger partial charge in [0, 0.05) is 21.8 Å². The highest BCUT2D eigenvalue weighted by atomic mass is 79.9. The van der Waals surface area contributed by atoms with Crippen molar-refractivity contribution in [3.8, 4) is 11.3 Å². The minimum absolute atomic E-state index is 0.145. The lowest BCUT2D eigenvalue weighted by molar-refractivity contribution is -0.117. The van der Waals surface area contributed by atoms with E-state index >= 15 is 0 Å². The van der Waals surface area contributed by atoms with Crippen LogP contribution in [0.3, 0.4) is 0 Å². The van der Waals surface area contributed by atoms with Crippen LogP contribution in [0.1, 0.15) is 16.7 Å². The number of nitrogens with zero attached hydrogens (tertiary/aromatic N) is 2. The van der Waals surface area contributed by atoms with Crippen molar-refractivity contribution < 1.29 is 4.79 Å². The van der Waals surface area contributed by atoms with Gasteiger partial charge in [-0.15, -0.1) is 0 Å². The highest BCUT2D eigenvalue weighted by molar-refractivity contribution is 9.10. The number of aromatic nitrogens is 2. The smallest absolute Gasteiger partial charge is 0.267 e. The first-order chi connectivity index (χ1) is 12.8. The summed E-state index contributed by atoms with van der Waals surface area (Å²) in [4.78, 5) is 24.7. The number of nitrogens with one attached hydrogen (secondary N) is 1. The Labute approximate surface area is 166 Å². The molecule has 0 aliphatic rings. The van der Waals surface area contributed by atoms with Gasteiger partial charge in [0.25, 0.3) is 5.56 Å². The van der Waals surface area contributed by atoms with Crippen molar-refractivity contribution in [1.29, 1.82) is 0 Å². The number of anilines is 1. The van der Waals surface area contributed by atoms with Gasteiger partial charge in [-0.1, -0.05) is 45.8 Å². The van der Waals surface area contributed by atoms with Gasteiger partial charge in [0.2, 0.25) is 5.91 Å². The first kappa shape index (κ1) is 19.0. The van der Waals surface area contributed by atoms with E-state index in [4.69, 9.17) is 0 Å². The van der Waals surface area contributed by atoms with Gasteiger partial charge in [-0.05, 0) is 50.1 Å². The lowest BCUT2D eigenvalue weighted by atomic mass is 10.1. The number of rotatable bonds is 4. The summed E-state index contributed by atoms with van der Waals surface area (Å²) in [7, 11) is 0. The first-order valence-corrected chi connectivity index (χ1v) is 9.34. The van der Waals surface area contributed by atoms with Gasteiger partial charge >= 0.3 is 0 Å². The second-order valence-corrected chi connectivity index (χ2v) is 7.46. The third kappa shape index (κ3) is 4.52. The van der Waals surface area contributed by atoms with Crippen molar-refractivity contribution in [2.24, 2.45) is 0 Å². The van der Waals surface area contributed by atoms with Gasteiger partial charge in [-0.2, -0.15) is 5.10 Å². The topological polar surface area (TPSA) is 64.0 Å². The van der Waals surface area contributed by atoms with Crippen molar-refractivity contribution in [2.75, 3.05) is 5.32 Å². The third-order valence-corrected chi connectivity index (χ3v) is 4.72. The Morgan fingerprint density at radius 1 is 1.07 bits per heavy atom. The summed E-state index contributed by atoms with van der Waals surface area (Å²) in [5, 5.41) is 7.25. The van der Waals surface area contributed by atoms with Crippen molar-refractivity contribution in [2.45, 2.75) is 27.3 Å². The Hall–Kier alpha value is -2.73. The molecule has 2 aromatic carbocycles. The minimum atomic E-state index is -0.318. The average Bonchev–Trinajstić information content (AvgIpc) is 2.60. The Balaban J connectivity index is 1.84. The second kappa shape index (κ2) is 7.88. The van der Waals surface area contributed by atoms with E-state index in [1.165, 1.54) is 10.7 Å². The number of halogens is 1. The number of benzene rings is 2. The molecule has 0 spiro atoms. The van der Waals surface area contributed by atoms with E-state index < -0.39 is 0 Å². The lowest BCUT2D eigenvalue weighted by Gasteiger charge is -2.13. The molecule has 0 unspecified atom stereocenters. The predicted molar refractivity (Wildman–Crippen MR) is 111 cm³/mol. The van der Waals surface area contributed by atoms with Crippen molar-refractivity contribution in [3.05, 3.63) is 80.0 Å². The molecule has 6 heteroatoms. The molecule has 3 aromatic rings. The fourth-order valence-electron chi connectivity index (χ4n) is 3.06. The number of amides is 1. The number of aryl methyl sites for hydroxylation is 3. The average molecular weight is 426 g/mol. The third-order valence-electron chi connectivity index (χ3n) is 4.22. The van der Waals surface area contributed by atoms with Crippen LogP contribution >= 0.6 is 15.9 Å². The summed E-state index contributed by atoms with van der Waals surface area (Å²) in [5.74, 6) is -0.286. The highest BCUT2D eigenvalue weighted by Crippen LogP contribution is 2.22. The van der Waals surface area contributed by atoms with Gasteiger partial charge < -0.3 is 5.32 Å². The monoisotopic (exact) mass is 425 g/mol. The van der Waals surface area contributed by atoms with Crippen molar-refractivity contribution in [3.63, 3.8) is 0 Å². The SMILES string of the molecule is Cc1cc(C)c(NC(=O)Cn2nc(-c3cccc(Br)c3)ccc2=O)c(C)c1. The minimum Gasteiger partial charge on any atom is -0.324 e. The Morgan fingerprint density at radius 2 is 1.78 bits per heavy atom. The van der Waals surface area contributed by atoms with Crippen LogP contribution in [0.4, 0.5) is 5.69 Å². The molecule has 0 bridgehead atoms. The zero-order valence-electron chi connectivity index (χ0n) is 15.4. The molecule has 0 aliphatic carbocycles. The van der Waals surface area contributed by atoms with Crippen LogP contribution in [0, 0.1) is 20.8 Å². The fraction of sp³-hybridized carbons (Fsp3) is 0.190. The molecule has 0 saturated carbocycles. The zero-order chi connectivity index (χ0) is 19.6. The number of carbonyl (C=O) groups excluding carboxylic acids is 1. The molecule has 0 atom stereocenters. The van der Waals surface area contributed by atoms with Gasteiger partial charge in [0.15, 0.2) is 0 Å². The van der Waals surface area contributed by atoms with E-state index in [0.29, 0.717) is 5.69 Å². The van der Waals surface area contributed by atoms with E-state index in [1.807, 2.05) is 57.2 Å². The molecule has 1 heterocycles. The Morgan fingerprint density at radius 3 is 2.44 bits per heavy atom. The number of hydrogen-bond acceptors (Lipinski definition) is 3. The lowest BCUT2D eigenvalue weighted by Crippen LogP contribution is -2.29. The van der Waals surface area contributed by atoms with E-state index in [-0.39, 0.29) is 18.0 Å². The van der Waals surface area contributed by atoms with Crippen LogP contribution in [0.25, 0.3) is 11.3 Å². The number of hydrogen-bond donors (Lipinski definition) is 1. The maximum absolute atomic E-state index is 12.5. The van der Waals surface area contributed by atoms with Crippen molar-refractivity contribution in [1.82, 2.24) is 9.78 Å². The summed E-state index contributed by atoms with van der Waals surface area (Å²) in [6.45, 7) is 5.78. The molecular weight excluding hydrogens is 406 g/mol. The predicted octanol–water partition coefficient (Wildman–Crippen LogP) is 4.24. The van der Waals surface area contributed by atoms with E-state index in [1.54, 1.807) is 6.07 Å². The second-order valence-electron chi connectivity index (χ2n) is 6.55. The van der Waals surface area contributed by atoms with Gasteiger partial charge in [0.1, 0.15) is 6.54 Å². The quantitative estimate of drug-likeness (QED) is 0.679. The molecule has 1 amide bonds. The van der Waals surface area contributed by atoms with E-state index in [0.717, 1.165) is 32.4 Å². The summed E-state index contributed by atoms with van der Waals surface area (Å²) in [6.07, 6.45) is 0. The van der Waals surface area contributed by atoms with Gasteiger partial charge in [0.05, 0.1) is 5.69 Å². The summed E-state index contributed by atoms with van der Waals surface area (Å²) in [5.41, 5.74) is 5.08. The van der Waals surface area contributed by atoms with E-state index in [9.17, 15) is 9.59 Å². The molecule has 5 nitrogen and oxygen atoms in total. The largest absolute Gasteiger partial charge is 0.324 e. The fourth-order valence-corrected chi connectivity index (χ4v) is 3.46. The van der Waals surface area contributed by atoms with Crippen molar-refractivity contribution >= 4 is 27.5 Å². The molecule has 0 fully saturated rings. The maximum Gasteiger partial charge on any atom is 0.267 e. The maximum atomic E-state index is 12.5. The van der Waals surface area contributed by atoms with Crippen LogP contribution in [-0.4, -0.2) is 15.7 Å². The molecule has 0 aliphatic heterocycles. The number of carbonyl (C=O) groups is 1. The normalized spacial score (nSPS) is 10.7. The summed E-state index contributed by atoms with van der Waals surface area (Å²) in [6, 6.07) is 14.7. The summed E-state index contributed by atoms with van der Waals surface area (Å²) < 4.78 is 2.10. The Kier molecular flexibility index (Phi) is 5.56. The molecule has 1 aromatic heterocycles.